The van der Waals surface area contributed by atoms with Gasteiger partial charge in [-0.15, -0.1) is 0 Å². The Morgan fingerprint density at radius 3 is 2.52 bits per heavy atom. The molecule has 5 heteroatoms. The van der Waals surface area contributed by atoms with Gasteiger partial charge in [-0.2, -0.15) is 0 Å². The molecule has 2 amide bonds. The molecule has 1 heterocycles. The summed E-state index contributed by atoms with van der Waals surface area (Å²) >= 11 is 0. The summed E-state index contributed by atoms with van der Waals surface area (Å²) in [5, 5.41) is 11.7. The van der Waals surface area contributed by atoms with Crippen molar-refractivity contribution in [3.63, 3.8) is 0 Å². The second-order valence-corrected chi connectivity index (χ2v) is 7.24. The molecule has 0 bridgehead atoms. The molecule has 1 aliphatic rings. The number of amides is 2. The first-order chi connectivity index (χ1) is 9.71. The van der Waals surface area contributed by atoms with E-state index in [2.05, 4.69) is 26.1 Å². The van der Waals surface area contributed by atoms with Crippen molar-refractivity contribution in [1.82, 2.24) is 10.2 Å². The topological polar surface area (TPSA) is 69.6 Å². The fourth-order valence-corrected chi connectivity index (χ4v) is 2.80. The molecule has 1 rings (SSSR count). The minimum Gasteiger partial charge on any atom is -0.481 e. The zero-order valence-electron chi connectivity index (χ0n) is 13.8. The van der Waals surface area contributed by atoms with Gasteiger partial charge in [0, 0.05) is 19.6 Å². The van der Waals surface area contributed by atoms with Crippen molar-refractivity contribution < 1.29 is 14.7 Å². The van der Waals surface area contributed by atoms with E-state index in [0.29, 0.717) is 24.3 Å². The van der Waals surface area contributed by atoms with Gasteiger partial charge in [0.1, 0.15) is 0 Å². The van der Waals surface area contributed by atoms with Crippen LogP contribution in [0.2, 0.25) is 0 Å². The molecule has 122 valence electrons. The van der Waals surface area contributed by atoms with E-state index in [1.807, 2.05) is 4.90 Å². The van der Waals surface area contributed by atoms with E-state index in [1.165, 1.54) is 6.42 Å². The van der Waals surface area contributed by atoms with E-state index in [9.17, 15) is 9.59 Å². The van der Waals surface area contributed by atoms with E-state index < -0.39 is 11.9 Å². The molecule has 0 saturated carbocycles. The Bertz CT molecular complexity index is 363. The average molecular weight is 298 g/mol. The maximum Gasteiger partial charge on any atom is 0.317 e. The van der Waals surface area contributed by atoms with Crippen LogP contribution in [0.25, 0.3) is 0 Å². The van der Waals surface area contributed by atoms with Crippen LogP contribution in [0, 0.1) is 17.3 Å². The van der Waals surface area contributed by atoms with E-state index in [0.717, 1.165) is 25.9 Å². The molecule has 0 aromatic heterocycles. The van der Waals surface area contributed by atoms with Crippen LogP contribution in [-0.2, 0) is 4.79 Å². The van der Waals surface area contributed by atoms with E-state index >= 15 is 0 Å². The van der Waals surface area contributed by atoms with Crippen molar-refractivity contribution in [3.05, 3.63) is 0 Å². The molecule has 0 spiro atoms. The molecule has 0 aromatic rings. The van der Waals surface area contributed by atoms with Crippen LogP contribution in [0.3, 0.4) is 0 Å². The molecule has 0 aromatic carbocycles. The van der Waals surface area contributed by atoms with Gasteiger partial charge in [0.15, 0.2) is 0 Å². The molecule has 1 aliphatic heterocycles. The van der Waals surface area contributed by atoms with Gasteiger partial charge in [-0.05, 0) is 37.0 Å². The molecule has 5 nitrogen and oxygen atoms in total. The van der Waals surface area contributed by atoms with Crippen LogP contribution < -0.4 is 5.32 Å². The number of rotatable bonds is 4. The van der Waals surface area contributed by atoms with Crippen LogP contribution in [0.1, 0.15) is 53.4 Å². The van der Waals surface area contributed by atoms with Gasteiger partial charge < -0.3 is 15.3 Å². The monoisotopic (exact) mass is 298 g/mol. The molecular weight excluding hydrogens is 268 g/mol. The average Bonchev–Trinajstić information content (AvgIpc) is 2.63. The lowest BCUT2D eigenvalue weighted by Crippen LogP contribution is -2.41. The van der Waals surface area contributed by atoms with Crippen molar-refractivity contribution >= 4 is 12.0 Å². The number of nitrogens with one attached hydrogen (secondary N) is 1. The minimum atomic E-state index is -0.813. The van der Waals surface area contributed by atoms with Gasteiger partial charge in [-0.25, -0.2) is 4.79 Å². The van der Waals surface area contributed by atoms with Gasteiger partial charge in [-0.1, -0.05) is 27.7 Å². The standard InChI is InChI=1S/C16H30N2O3/c1-12(14(19)20)7-9-17-15(21)18-10-5-6-13(8-11-18)16(2,3)4/h12-13H,5-11H2,1-4H3,(H,17,21)(H,19,20). The predicted octanol–water partition coefficient (Wildman–Crippen LogP) is 2.96. The summed E-state index contributed by atoms with van der Waals surface area (Å²) in [4.78, 5) is 24.7. The summed E-state index contributed by atoms with van der Waals surface area (Å²) in [6, 6.07) is -0.0536. The summed E-state index contributed by atoms with van der Waals surface area (Å²) in [5.74, 6) is -0.575. The van der Waals surface area contributed by atoms with E-state index in [4.69, 9.17) is 5.11 Å². The molecular formula is C16H30N2O3. The Morgan fingerprint density at radius 1 is 1.29 bits per heavy atom. The van der Waals surface area contributed by atoms with Crippen LogP contribution in [0.4, 0.5) is 4.79 Å². The van der Waals surface area contributed by atoms with Crippen LogP contribution in [0.5, 0.6) is 0 Å². The molecule has 1 saturated heterocycles. The number of hydrogen-bond acceptors (Lipinski definition) is 2. The lowest BCUT2D eigenvalue weighted by atomic mass is 9.77. The van der Waals surface area contributed by atoms with Crippen LogP contribution in [0.15, 0.2) is 0 Å². The number of urea groups is 1. The maximum atomic E-state index is 12.1. The van der Waals surface area contributed by atoms with Crippen LogP contribution >= 0.6 is 0 Å². The number of hydrogen-bond donors (Lipinski definition) is 2. The molecule has 0 aliphatic carbocycles. The molecule has 2 atom stereocenters. The Hall–Kier alpha value is -1.26. The maximum absolute atomic E-state index is 12.1. The van der Waals surface area contributed by atoms with E-state index in [-0.39, 0.29) is 6.03 Å². The number of carboxylic acid groups (broad SMARTS) is 1. The first kappa shape index (κ1) is 17.8. The largest absolute Gasteiger partial charge is 0.481 e. The fraction of sp³-hybridized carbons (Fsp3) is 0.875. The van der Waals surface area contributed by atoms with Gasteiger partial charge >= 0.3 is 12.0 Å². The second kappa shape index (κ2) is 7.66. The fourth-order valence-electron chi connectivity index (χ4n) is 2.80. The lowest BCUT2D eigenvalue weighted by molar-refractivity contribution is -0.141. The highest BCUT2D eigenvalue weighted by Crippen LogP contribution is 2.34. The van der Waals surface area contributed by atoms with Crippen molar-refractivity contribution in [3.8, 4) is 0 Å². The number of nitrogens with zero attached hydrogens (tertiary/aromatic N) is 1. The molecule has 2 unspecified atom stereocenters. The Balaban J connectivity index is 2.37. The first-order valence-electron chi connectivity index (χ1n) is 7.97. The van der Waals surface area contributed by atoms with Gasteiger partial charge in [0.05, 0.1) is 5.92 Å². The van der Waals surface area contributed by atoms with Gasteiger partial charge in [-0.3, -0.25) is 4.79 Å². The third kappa shape index (κ3) is 5.94. The number of carboxylic acids is 1. The Kier molecular flexibility index (Phi) is 6.49. The number of carbonyl (C=O) groups excluding carboxylic acids is 1. The van der Waals surface area contributed by atoms with Gasteiger partial charge in [0.25, 0.3) is 0 Å². The van der Waals surface area contributed by atoms with Crippen molar-refractivity contribution in [2.45, 2.75) is 53.4 Å². The zero-order chi connectivity index (χ0) is 16.0. The summed E-state index contributed by atoms with van der Waals surface area (Å²) in [7, 11) is 0. The van der Waals surface area contributed by atoms with E-state index in [1.54, 1.807) is 6.92 Å². The summed E-state index contributed by atoms with van der Waals surface area (Å²) in [6.45, 7) is 10.5. The minimum absolute atomic E-state index is 0.0536. The third-order valence-corrected chi connectivity index (χ3v) is 4.52. The van der Waals surface area contributed by atoms with Crippen molar-refractivity contribution in [1.29, 1.82) is 0 Å². The number of aliphatic carboxylic acids is 1. The second-order valence-electron chi connectivity index (χ2n) is 7.24. The summed E-state index contributed by atoms with van der Waals surface area (Å²) in [5.41, 5.74) is 0.295. The quantitative estimate of drug-likeness (QED) is 0.838. The predicted molar refractivity (Wildman–Crippen MR) is 83.2 cm³/mol. The number of likely N-dealkylation sites (tertiary alicyclic amines) is 1. The highest BCUT2D eigenvalue weighted by atomic mass is 16.4. The molecule has 1 fully saturated rings. The SMILES string of the molecule is CC(CCNC(=O)N1CCCC(C(C)(C)C)CC1)C(=O)O. The summed E-state index contributed by atoms with van der Waals surface area (Å²) < 4.78 is 0. The normalized spacial score (nSPS) is 21.5. The van der Waals surface area contributed by atoms with Gasteiger partial charge in [0.2, 0.25) is 0 Å². The smallest absolute Gasteiger partial charge is 0.317 e. The van der Waals surface area contributed by atoms with Crippen molar-refractivity contribution in [2.75, 3.05) is 19.6 Å². The third-order valence-electron chi connectivity index (χ3n) is 4.52. The number of carbonyl (C=O) groups is 2. The zero-order valence-corrected chi connectivity index (χ0v) is 13.8. The lowest BCUT2D eigenvalue weighted by Gasteiger charge is -2.29. The Morgan fingerprint density at radius 2 is 1.95 bits per heavy atom. The first-order valence-corrected chi connectivity index (χ1v) is 7.97. The molecule has 2 N–H and O–H groups in total. The highest BCUT2D eigenvalue weighted by Gasteiger charge is 2.28. The molecule has 0 radical (unpaired) electrons. The van der Waals surface area contributed by atoms with Crippen LogP contribution in [-0.4, -0.2) is 41.6 Å². The highest BCUT2D eigenvalue weighted by molar-refractivity contribution is 5.74. The summed E-state index contributed by atoms with van der Waals surface area (Å²) in [6.07, 6.45) is 3.73. The molecule has 21 heavy (non-hydrogen) atoms. The Labute approximate surface area is 128 Å². The van der Waals surface area contributed by atoms with Crippen molar-refractivity contribution in [2.24, 2.45) is 17.3 Å².